The van der Waals surface area contributed by atoms with Crippen molar-refractivity contribution in [1.29, 1.82) is 5.41 Å². The number of amidine groups is 1. The van der Waals surface area contributed by atoms with Crippen molar-refractivity contribution >= 4 is 17.6 Å². The van der Waals surface area contributed by atoms with Crippen molar-refractivity contribution < 1.29 is 9.26 Å². The van der Waals surface area contributed by atoms with Crippen molar-refractivity contribution in [2.24, 2.45) is 16.8 Å². The van der Waals surface area contributed by atoms with Crippen LogP contribution >= 0.6 is 0 Å². The molecule has 0 spiro atoms. The first kappa shape index (κ1) is 23.4. The Balaban J connectivity index is 1.40. The highest BCUT2D eigenvalue weighted by molar-refractivity contribution is 6.14. The fourth-order valence-electron chi connectivity index (χ4n) is 4.78. The van der Waals surface area contributed by atoms with Crippen LogP contribution in [0, 0.1) is 17.2 Å². The Morgan fingerprint density at radius 3 is 2.71 bits per heavy atom. The minimum Gasteiger partial charge on any atom is -0.383 e. The predicted octanol–water partition coefficient (Wildman–Crippen LogP) is 5.16. The van der Waals surface area contributed by atoms with E-state index >= 15 is 0 Å². The second-order valence-corrected chi connectivity index (χ2v) is 9.61. The van der Waals surface area contributed by atoms with Gasteiger partial charge in [-0.2, -0.15) is 10.1 Å². The van der Waals surface area contributed by atoms with Gasteiger partial charge in [0.2, 0.25) is 0 Å². The minimum absolute atomic E-state index is 0.195. The average molecular weight is 473 g/mol. The summed E-state index contributed by atoms with van der Waals surface area (Å²) in [6, 6.07) is 8.64. The topological polar surface area (TPSA) is 102 Å². The SMILES string of the molecule is CCC1CC=C(c2ccc(C(C)(c3noc(-c4cnn(CCOC)c4)n3)C3CC3)cc2)C=NC1=N. The number of hydrogen-bond donors (Lipinski definition) is 1. The molecule has 1 fully saturated rings. The molecule has 1 aliphatic carbocycles. The van der Waals surface area contributed by atoms with Gasteiger partial charge in [-0.05, 0) is 55.2 Å². The van der Waals surface area contributed by atoms with Gasteiger partial charge in [0.1, 0.15) is 5.84 Å². The molecule has 1 aromatic carbocycles. The molecule has 2 atom stereocenters. The van der Waals surface area contributed by atoms with E-state index in [2.05, 4.69) is 59.4 Å². The summed E-state index contributed by atoms with van der Waals surface area (Å²) in [5.41, 5.74) is 3.84. The van der Waals surface area contributed by atoms with E-state index in [0.717, 1.165) is 42.4 Å². The van der Waals surface area contributed by atoms with E-state index in [4.69, 9.17) is 19.7 Å². The second-order valence-electron chi connectivity index (χ2n) is 9.61. The lowest BCUT2D eigenvalue weighted by atomic mass is 9.76. The molecular weight excluding hydrogens is 440 g/mol. The summed E-state index contributed by atoms with van der Waals surface area (Å²) >= 11 is 0. The fourth-order valence-corrected chi connectivity index (χ4v) is 4.78. The molecule has 1 aliphatic heterocycles. The fraction of sp³-hybridized carbons (Fsp3) is 0.444. The number of allylic oxidation sites excluding steroid dienone is 2. The largest absolute Gasteiger partial charge is 0.383 e. The van der Waals surface area contributed by atoms with E-state index in [9.17, 15) is 0 Å². The van der Waals surface area contributed by atoms with Crippen LogP contribution in [0.15, 0.2) is 52.3 Å². The maximum Gasteiger partial charge on any atom is 0.261 e. The number of nitrogens with zero attached hydrogens (tertiary/aromatic N) is 5. The van der Waals surface area contributed by atoms with Gasteiger partial charge in [-0.1, -0.05) is 42.4 Å². The lowest BCUT2D eigenvalue weighted by Gasteiger charge is -2.27. The Labute approximate surface area is 205 Å². The first-order valence-corrected chi connectivity index (χ1v) is 12.3. The second kappa shape index (κ2) is 9.70. The van der Waals surface area contributed by atoms with Gasteiger partial charge in [-0.3, -0.25) is 10.1 Å². The average Bonchev–Trinajstić information content (AvgIpc) is 3.49. The molecule has 3 aromatic rings. The molecule has 0 amide bonds. The molecule has 35 heavy (non-hydrogen) atoms. The molecular formula is C27H32N6O2. The predicted molar refractivity (Wildman–Crippen MR) is 136 cm³/mol. The van der Waals surface area contributed by atoms with Crippen LogP contribution in [0.2, 0.25) is 0 Å². The zero-order valence-electron chi connectivity index (χ0n) is 20.6. The summed E-state index contributed by atoms with van der Waals surface area (Å²) in [5, 5.41) is 16.9. The van der Waals surface area contributed by atoms with Crippen LogP contribution in [0.5, 0.6) is 0 Å². The molecule has 2 aromatic heterocycles. The van der Waals surface area contributed by atoms with Crippen molar-refractivity contribution in [3.8, 4) is 11.5 Å². The van der Waals surface area contributed by atoms with Crippen molar-refractivity contribution in [2.75, 3.05) is 13.7 Å². The van der Waals surface area contributed by atoms with E-state index in [1.54, 1.807) is 13.3 Å². The summed E-state index contributed by atoms with van der Waals surface area (Å²) in [6.45, 7) is 5.59. The van der Waals surface area contributed by atoms with E-state index in [1.807, 2.05) is 17.1 Å². The standard InChI is InChI=1S/C27H32N6O2/c1-4-18-5-6-20(15-29-24(18)28)19-7-9-22(10-8-19)27(2,23-11-12-23)26-31-25(35-32-26)21-16-30-33(17-21)13-14-34-3/h6-10,15-18,23,28H,4-5,11-14H2,1-3H3. The quantitative estimate of drug-likeness (QED) is 0.464. The molecule has 0 bridgehead atoms. The van der Waals surface area contributed by atoms with Gasteiger partial charge >= 0.3 is 0 Å². The van der Waals surface area contributed by atoms with Gasteiger partial charge in [-0.15, -0.1) is 0 Å². The van der Waals surface area contributed by atoms with Gasteiger partial charge in [-0.25, -0.2) is 4.99 Å². The van der Waals surface area contributed by atoms with Crippen molar-refractivity contribution in [3.05, 3.63) is 59.7 Å². The third-order valence-electron chi connectivity index (χ3n) is 7.35. The molecule has 3 heterocycles. The lowest BCUT2D eigenvalue weighted by Crippen LogP contribution is -2.28. The van der Waals surface area contributed by atoms with Gasteiger partial charge in [0.15, 0.2) is 5.82 Å². The first-order valence-electron chi connectivity index (χ1n) is 12.3. The normalized spacial score (nSPS) is 19.9. The Bertz CT molecular complexity index is 1250. The molecule has 0 saturated heterocycles. The van der Waals surface area contributed by atoms with Crippen molar-refractivity contribution in [1.82, 2.24) is 19.9 Å². The zero-order valence-corrected chi connectivity index (χ0v) is 20.6. The molecule has 5 rings (SSSR count). The number of aromatic nitrogens is 4. The molecule has 8 nitrogen and oxygen atoms in total. The number of hydrogen-bond acceptors (Lipinski definition) is 6. The van der Waals surface area contributed by atoms with Crippen LogP contribution in [0.3, 0.4) is 0 Å². The Hall–Kier alpha value is -3.39. The molecule has 1 N–H and O–H groups in total. The third-order valence-corrected chi connectivity index (χ3v) is 7.35. The Morgan fingerprint density at radius 1 is 1.20 bits per heavy atom. The highest BCUT2D eigenvalue weighted by Crippen LogP contribution is 2.50. The summed E-state index contributed by atoms with van der Waals surface area (Å²) in [4.78, 5) is 9.20. The number of aliphatic imine (C=N–C) groups is 1. The summed E-state index contributed by atoms with van der Waals surface area (Å²) in [6.07, 6.45) is 11.8. The molecule has 0 radical (unpaired) electrons. The highest BCUT2D eigenvalue weighted by atomic mass is 16.5. The number of ether oxygens (including phenoxy) is 1. The number of methoxy groups -OCH3 is 1. The van der Waals surface area contributed by atoms with Gasteiger partial charge < -0.3 is 9.26 Å². The van der Waals surface area contributed by atoms with Crippen molar-refractivity contribution in [2.45, 2.75) is 51.5 Å². The lowest BCUT2D eigenvalue weighted by molar-refractivity contribution is 0.183. The van der Waals surface area contributed by atoms with E-state index in [-0.39, 0.29) is 11.3 Å². The van der Waals surface area contributed by atoms with Crippen LogP contribution < -0.4 is 0 Å². The number of benzene rings is 1. The van der Waals surface area contributed by atoms with Gasteiger partial charge in [0, 0.05) is 25.4 Å². The monoisotopic (exact) mass is 472 g/mol. The van der Waals surface area contributed by atoms with E-state index < -0.39 is 0 Å². The van der Waals surface area contributed by atoms with Crippen LogP contribution in [0.1, 0.15) is 56.5 Å². The van der Waals surface area contributed by atoms with Crippen molar-refractivity contribution in [3.63, 3.8) is 0 Å². The first-order chi connectivity index (χ1) is 17.0. The smallest absolute Gasteiger partial charge is 0.261 e. The van der Waals surface area contributed by atoms with Gasteiger partial charge in [0.25, 0.3) is 5.89 Å². The molecule has 1 saturated carbocycles. The third kappa shape index (κ3) is 4.62. The summed E-state index contributed by atoms with van der Waals surface area (Å²) < 4.78 is 12.6. The van der Waals surface area contributed by atoms with E-state index in [1.165, 1.54) is 5.56 Å². The Morgan fingerprint density at radius 2 is 2.00 bits per heavy atom. The van der Waals surface area contributed by atoms with Crippen LogP contribution in [-0.4, -0.2) is 45.7 Å². The maximum absolute atomic E-state index is 8.13. The van der Waals surface area contributed by atoms with Gasteiger partial charge in [0.05, 0.1) is 30.3 Å². The summed E-state index contributed by atoms with van der Waals surface area (Å²) in [5.74, 6) is 2.34. The van der Waals surface area contributed by atoms with Crippen LogP contribution in [0.4, 0.5) is 0 Å². The highest BCUT2D eigenvalue weighted by Gasteiger charge is 2.47. The number of rotatable bonds is 9. The zero-order chi connectivity index (χ0) is 24.4. The van der Waals surface area contributed by atoms with E-state index in [0.29, 0.717) is 36.6 Å². The summed E-state index contributed by atoms with van der Waals surface area (Å²) in [7, 11) is 1.68. The number of nitrogens with one attached hydrogen (secondary N) is 1. The minimum atomic E-state index is -0.326. The maximum atomic E-state index is 8.13. The molecule has 182 valence electrons. The van der Waals surface area contributed by atoms with Crippen LogP contribution in [0.25, 0.3) is 17.0 Å². The molecule has 2 unspecified atom stereocenters. The molecule has 8 heteroatoms. The Kier molecular flexibility index (Phi) is 6.47. The van der Waals surface area contributed by atoms with Crippen LogP contribution in [-0.2, 0) is 16.7 Å². The molecule has 2 aliphatic rings.